The lowest BCUT2D eigenvalue weighted by Crippen LogP contribution is -2.32. The first-order valence-corrected chi connectivity index (χ1v) is 7.58. The van der Waals surface area contributed by atoms with Gasteiger partial charge in [-0.2, -0.15) is 0 Å². The van der Waals surface area contributed by atoms with E-state index >= 15 is 0 Å². The van der Waals surface area contributed by atoms with Crippen LogP contribution in [0, 0.1) is 5.92 Å². The molecule has 1 aromatic rings. The van der Waals surface area contributed by atoms with Crippen LogP contribution in [0.15, 0.2) is 29.2 Å². The molecular formula is C15H21NO2S. The highest BCUT2D eigenvalue weighted by molar-refractivity contribution is 7.99. The van der Waals surface area contributed by atoms with E-state index in [-0.39, 0.29) is 11.9 Å². The molecule has 0 saturated carbocycles. The molecule has 1 aromatic carbocycles. The lowest BCUT2D eigenvalue weighted by atomic mass is 10.0. The van der Waals surface area contributed by atoms with E-state index in [1.807, 2.05) is 18.7 Å². The minimum atomic E-state index is -0.131. The van der Waals surface area contributed by atoms with Crippen LogP contribution in [0.5, 0.6) is 0 Å². The van der Waals surface area contributed by atoms with Crippen LogP contribution < -0.4 is 0 Å². The van der Waals surface area contributed by atoms with E-state index in [9.17, 15) is 4.79 Å². The van der Waals surface area contributed by atoms with E-state index in [4.69, 9.17) is 4.74 Å². The normalized spacial score (nSPS) is 19.3. The van der Waals surface area contributed by atoms with E-state index in [2.05, 4.69) is 36.2 Å². The number of esters is 1. The Kier molecular flexibility index (Phi) is 4.88. The van der Waals surface area contributed by atoms with E-state index < -0.39 is 0 Å². The highest BCUT2D eigenvalue weighted by atomic mass is 32.2. The summed E-state index contributed by atoms with van der Waals surface area (Å²) >= 11 is 1.93. The van der Waals surface area contributed by atoms with Crippen molar-refractivity contribution in [2.75, 3.05) is 33.0 Å². The summed E-state index contributed by atoms with van der Waals surface area (Å²) in [7, 11) is 3.52. The van der Waals surface area contributed by atoms with Gasteiger partial charge in [0.25, 0.3) is 0 Å². The molecule has 2 unspecified atom stereocenters. The number of carbonyl (C=O) groups is 1. The number of rotatable bonds is 5. The van der Waals surface area contributed by atoms with Crippen LogP contribution >= 0.6 is 11.8 Å². The molecule has 1 aliphatic heterocycles. The van der Waals surface area contributed by atoms with Crippen molar-refractivity contribution in [3.05, 3.63) is 29.8 Å². The lowest BCUT2D eigenvalue weighted by Gasteiger charge is -2.23. The molecule has 0 radical (unpaired) electrons. The predicted molar refractivity (Wildman–Crippen MR) is 78.6 cm³/mol. The highest BCUT2D eigenvalue weighted by Crippen LogP contribution is 2.39. The third-order valence-electron chi connectivity index (χ3n) is 3.52. The first-order chi connectivity index (χ1) is 9.11. The number of benzene rings is 1. The molecule has 0 N–H and O–H groups in total. The fourth-order valence-corrected chi connectivity index (χ4v) is 3.82. The molecule has 0 bridgehead atoms. The SMILES string of the molecule is COC(=O)C(C)CN(C)CC1CSc2ccccc21. The summed E-state index contributed by atoms with van der Waals surface area (Å²) in [5, 5.41) is 0. The summed E-state index contributed by atoms with van der Waals surface area (Å²) in [6, 6.07) is 8.61. The van der Waals surface area contributed by atoms with Crippen molar-refractivity contribution in [3.8, 4) is 0 Å². The summed E-state index contributed by atoms with van der Waals surface area (Å²) < 4.78 is 4.77. The van der Waals surface area contributed by atoms with Crippen molar-refractivity contribution in [3.63, 3.8) is 0 Å². The third-order valence-corrected chi connectivity index (χ3v) is 4.77. The molecule has 0 fully saturated rings. The van der Waals surface area contributed by atoms with Gasteiger partial charge in [-0.15, -0.1) is 11.8 Å². The van der Waals surface area contributed by atoms with E-state index in [1.54, 1.807) is 0 Å². The summed E-state index contributed by atoms with van der Waals surface area (Å²) in [6.07, 6.45) is 0. The topological polar surface area (TPSA) is 29.5 Å². The second kappa shape index (κ2) is 6.44. The first kappa shape index (κ1) is 14.4. The van der Waals surface area contributed by atoms with Gasteiger partial charge in [-0.3, -0.25) is 4.79 Å². The molecule has 2 atom stereocenters. The maximum Gasteiger partial charge on any atom is 0.309 e. The molecule has 104 valence electrons. The summed E-state index contributed by atoms with van der Waals surface area (Å²) in [4.78, 5) is 15.1. The predicted octanol–water partition coefficient (Wildman–Crippen LogP) is 2.62. The van der Waals surface area contributed by atoms with Gasteiger partial charge in [-0.25, -0.2) is 0 Å². The number of methoxy groups -OCH3 is 1. The Morgan fingerprint density at radius 3 is 3.00 bits per heavy atom. The summed E-state index contributed by atoms with van der Waals surface area (Å²) in [5.74, 6) is 1.50. The molecule has 0 aromatic heterocycles. The van der Waals surface area contributed by atoms with Crippen LogP contribution in [0.1, 0.15) is 18.4 Å². The van der Waals surface area contributed by atoms with Crippen molar-refractivity contribution in [2.24, 2.45) is 5.92 Å². The van der Waals surface area contributed by atoms with Gasteiger partial charge < -0.3 is 9.64 Å². The van der Waals surface area contributed by atoms with Gasteiger partial charge in [0.2, 0.25) is 0 Å². The van der Waals surface area contributed by atoms with Crippen molar-refractivity contribution in [2.45, 2.75) is 17.7 Å². The van der Waals surface area contributed by atoms with Crippen molar-refractivity contribution in [1.82, 2.24) is 4.90 Å². The Bertz CT molecular complexity index is 450. The van der Waals surface area contributed by atoms with Gasteiger partial charge in [0.15, 0.2) is 0 Å². The summed E-state index contributed by atoms with van der Waals surface area (Å²) in [5.41, 5.74) is 1.45. The number of hydrogen-bond donors (Lipinski definition) is 0. The van der Waals surface area contributed by atoms with Crippen molar-refractivity contribution >= 4 is 17.7 Å². The third kappa shape index (κ3) is 3.51. The highest BCUT2D eigenvalue weighted by Gasteiger charge is 2.25. The number of thioether (sulfide) groups is 1. The minimum absolute atomic E-state index is 0.0701. The molecule has 4 heteroatoms. The Morgan fingerprint density at radius 2 is 2.26 bits per heavy atom. The minimum Gasteiger partial charge on any atom is -0.469 e. The maximum atomic E-state index is 11.4. The molecule has 0 saturated heterocycles. The largest absolute Gasteiger partial charge is 0.469 e. The fourth-order valence-electron chi connectivity index (χ4n) is 2.57. The molecule has 0 spiro atoms. The van der Waals surface area contributed by atoms with Crippen LogP contribution in [0.2, 0.25) is 0 Å². The quantitative estimate of drug-likeness (QED) is 0.775. The van der Waals surface area contributed by atoms with Crippen LogP contribution in [0.4, 0.5) is 0 Å². The van der Waals surface area contributed by atoms with E-state index in [0.29, 0.717) is 5.92 Å². The zero-order valence-electron chi connectivity index (χ0n) is 11.8. The monoisotopic (exact) mass is 279 g/mol. The van der Waals surface area contributed by atoms with Crippen molar-refractivity contribution in [1.29, 1.82) is 0 Å². The molecule has 1 aliphatic rings. The lowest BCUT2D eigenvalue weighted by molar-refractivity contribution is -0.145. The molecule has 0 amide bonds. The Labute approximate surface area is 119 Å². The molecular weight excluding hydrogens is 258 g/mol. The Morgan fingerprint density at radius 1 is 1.53 bits per heavy atom. The number of nitrogens with zero attached hydrogens (tertiary/aromatic N) is 1. The molecule has 19 heavy (non-hydrogen) atoms. The second-order valence-corrected chi connectivity index (χ2v) is 6.25. The molecule has 1 heterocycles. The number of carbonyl (C=O) groups excluding carboxylic acids is 1. The average molecular weight is 279 g/mol. The smallest absolute Gasteiger partial charge is 0.309 e. The van der Waals surface area contributed by atoms with Crippen LogP contribution in [-0.2, 0) is 9.53 Å². The Hall–Kier alpha value is -1.00. The van der Waals surface area contributed by atoms with Gasteiger partial charge >= 0.3 is 5.97 Å². The molecule has 3 nitrogen and oxygen atoms in total. The van der Waals surface area contributed by atoms with Crippen LogP contribution in [-0.4, -0.2) is 43.9 Å². The van der Waals surface area contributed by atoms with Crippen molar-refractivity contribution < 1.29 is 9.53 Å². The maximum absolute atomic E-state index is 11.4. The first-order valence-electron chi connectivity index (χ1n) is 6.60. The fraction of sp³-hybridized carbons (Fsp3) is 0.533. The van der Waals surface area contributed by atoms with Gasteiger partial charge in [0, 0.05) is 29.7 Å². The number of ether oxygens (including phenoxy) is 1. The second-order valence-electron chi connectivity index (χ2n) is 5.19. The number of hydrogen-bond acceptors (Lipinski definition) is 4. The molecule has 0 aliphatic carbocycles. The Balaban J connectivity index is 1.90. The van der Waals surface area contributed by atoms with E-state index in [1.165, 1.54) is 17.6 Å². The standard InChI is InChI=1S/C15H21NO2S/c1-11(15(17)18-3)8-16(2)9-12-10-19-14-7-5-4-6-13(12)14/h4-7,11-12H,8-10H2,1-3H3. The zero-order valence-corrected chi connectivity index (χ0v) is 12.6. The van der Waals surface area contributed by atoms with Crippen LogP contribution in [0.25, 0.3) is 0 Å². The van der Waals surface area contributed by atoms with Gasteiger partial charge in [-0.1, -0.05) is 25.1 Å². The molecule has 2 rings (SSSR count). The number of likely N-dealkylation sites (N-methyl/N-ethyl adjacent to an activating group) is 1. The van der Waals surface area contributed by atoms with Gasteiger partial charge in [0.05, 0.1) is 13.0 Å². The zero-order chi connectivity index (χ0) is 13.8. The van der Waals surface area contributed by atoms with E-state index in [0.717, 1.165) is 18.8 Å². The van der Waals surface area contributed by atoms with Crippen LogP contribution in [0.3, 0.4) is 0 Å². The van der Waals surface area contributed by atoms with Gasteiger partial charge in [-0.05, 0) is 18.7 Å². The summed E-state index contributed by atoms with van der Waals surface area (Å²) in [6.45, 7) is 3.65. The average Bonchev–Trinajstić information content (AvgIpc) is 2.81. The van der Waals surface area contributed by atoms with Gasteiger partial charge in [0.1, 0.15) is 0 Å². The number of fused-ring (bicyclic) bond motifs is 1.